The van der Waals surface area contributed by atoms with E-state index >= 15 is 0 Å². The lowest BCUT2D eigenvalue weighted by atomic mass is 9.90. The normalized spacial score (nSPS) is 37.5. The van der Waals surface area contributed by atoms with Crippen molar-refractivity contribution in [2.24, 2.45) is 5.92 Å². The van der Waals surface area contributed by atoms with Crippen molar-refractivity contribution in [1.82, 2.24) is 4.90 Å². The fourth-order valence-corrected chi connectivity index (χ4v) is 3.68. The van der Waals surface area contributed by atoms with Gasteiger partial charge in [0.25, 0.3) is 0 Å². The molecular formula is C13H21NO3. The van der Waals surface area contributed by atoms with Crippen LogP contribution in [0, 0.1) is 5.92 Å². The summed E-state index contributed by atoms with van der Waals surface area (Å²) in [6, 6.07) is 0.338. The van der Waals surface area contributed by atoms with E-state index in [4.69, 9.17) is 4.74 Å². The average Bonchev–Trinajstić information content (AvgIpc) is 3.05. The molecular weight excluding hydrogens is 218 g/mol. The largest absolute Gasteiger partial charge is 0.480 e. The van der Waals surface area contributed by atoms with Gasteiger partial charge in [0.2, 0.25) is 0 Å². The van der Waals surface area contributed by atoms with E-state index in [2.05, 4.69) is 4.90 Å². The SMILES string of the molecule is CC(C(=O)O)(C1CC1)N1CCOC2CCCC21. The number of carboxylic acids is 1. The Morgan fingerprint density at radius 2 is 2.12 bits per heavy atom. The quantitative estimate of drug-likeness (QED) is 0.810. The molecule has 3 fully saturated rings. The predicted molar refractivity (Wildman–Crippen MR) is 62.8 cm³/mol. The molecule has 2 saturated carbocycles. The first kappa shape index (κ1) is 11.5. The fourth-order valence-electron chi connectivity index (χ4n) is 3.68. The van der Waals surface area contributed by atoms with Gasteiger partial charge in [-0.3, -0.25) is 9.69 Å². The smallest absolute Gasteiger partial charge is 0.324 e. The van der Waals surface area contributed by atoms with E-state index < -0.39 is 11.5 Å². The number of rotatable bonds is 3. The molecule has 0 aromatic heterocycles. The lowest BCUT2D eigenvalue weighted by Crippen LogP contribution is -2.63. The lowest BCUT2D eigenvalue weighted by Gasteiger charge is -2.47. The number of nitrogens with zero attached hydrogens (tertiary/aromatic N) is 1. The molecule has 96 valence electrons. The molecule has 3 aliphatic rings. The third-order valence-corrected chi connectivity index (χ3v) is 4.88. The van der Waals surface area contributed by atoms with E-state index in [1.54, 1.807) is 0 Å². The molecule has 3 rings (SSSR count). The highest BCUT2D eigenvalue weighted by molar-refractivity contribution is 5.79. The van der Waals surface area contributed by atoms with Gasteiger partial charge >= 0.3 is 5.97 Å². The van der Waals surface area contributed by atoms with Gasteiger partial charge in [0, 0.05) is 12.6 Å². The number of hydrogen-bond donors (Lipinski definition) is 1. The van der Waals surface area contributed by atoms with Gasteiger partial charge in [-0.05, 0) is 44.9 Å². The summed E-state index contributed by atoms with van der Waals surface area (Å²) in [6.45, 7) is 3.39. The Morgan fingerprint density at radius 1 is 1.35 bits per heavy atom. The molecule has 4 heteroatoms. The molecule has 1 aliphatic heterocycles. The predicted octanol–water partition coefficient (Wildman–Crippen LogP) is 1.49. The zero-order valence-electron chi connectivity index (χ0n) is 10.4. The lowest BCUT2D eigenvalue weighted by molar-refractivity contribution is -0.163. The minimum atomic E-state index is -0.656. The van der Waals surface area contributed by atoms with Crippen molar-refractivity contribution < 1.29 is 14.6 Å². The van der Waals surface area contributed by atoms with Crippen LogP contribution in [0.25, 0.3) is 0 Å². The molecule has 0 radical (unpaired) electrons. The van der Waals surface area contributed by atoms with Gasteiger partial charge in [-0.25, -0.2) is 0 Å². The van der Waals surface area contributed by atoms with Crippen LogP contribution in [0.1, 0.15) is 39.0 Å². The van der Waals surface area contributed by atoms with Crippen molar-refractivity contribution in [1.29, 1.82) is 0 Å². The highest BCUT2D eigenvalue weighted by atomic mass is 16.5. The number of aliphatic carboxylic acids is 1. The van der Waals surface area contributed by atoms with Crippen LogP contribution in [0.3, 0.4) is 0 Å². The molecule has 1 N–H and O–H groups in total. The zero-order chi connectivity index (χ0) is 12.0. The Kier molecular flexibility index (Phi) is 2.67. The summed E-state index contributed by atoms with van der Waals surface area (Å²) < 4.78 is 5.77. The average molecular weight is 239 g/mol. The van der Waals surface area contributed by atoms with E-state index in [0.717, 1.165) is 32.2 Å². The highest BCUT2D eigenvalue weighted by Gasteiger charge is 2.55. The van der Waals surface area contributed by atoms with Gasteiger partial charge in [-0.15, -0.1) is 0 Å². The van der Waals surface area contributed by atoms with E-state index in [1.165, 1.54) is 6.42 Å². The van der Waals surface area contributed by atoms with Gasteiger partial charge in [-0.1, -0.05) is 0 Å². The maximum absolute atomic E-state index is 11.7. The Hall–Kier alpha value is -0.610. The van der Waals surface area contributed by atoms with Crippen molar-refractivity contribution in [3.05, 3.63) is 0 Å². The zero-order valence-corrected chi connectivity index (χ0v) is 10.4. The standard InChI is InChI=1S/C13H21NO3/c1-13(12(15)16,9-5-6-9)14-7-8-17-11-4-2-3-10(11)14/h9-11H,2-8H2,1H3,(H,15,16). The second-order valence-corrected chi connectivity index (χ2v) is 5.83. The van der Waals surface area contributed by atoms with Gasteiger partial charge < -0.3 is 9.84 Å². The Labute approximate surface area is 102 Å². The number of morpholine rings is 1. The van der Waals surface area contributed by atoms with Crippen LogP contribution in [0.4, 0.5) is 0 Å². The maximum atomic E-state index is 11.7. The third-order valence-electron chi connectivity index (χ3n) is 4.88. The third kappa shape index (κ3) is 1.69. The molecule has 3 unspecified atom stereocenters. The summed E-state index contributed by atoms with van der Waals surface area (Å²) in [5.74, 6) is -0.299. The molecule has 1 saturated heterocycles. The molecule has 0 bridgehead atoms. The van der Waals surface area contributed by atoms with E-state index in [-0.39, 0.29) is 6.10 Å². The summed E-state index contributed by atoms with van der Waals surface area (Å²) >= 11 is 0. The maximum Gasteiger partial charge on any atom is 0.324 e. The molecule has 3 atom stereocenters. The minimum Gasteiger partial charge on any atom is -0.480 e. The number of carbonyl (C=O) groups is 1. The van der Waals surface area contributed by atoms with Crippen molar-refractivity contribution in [3.63, 3.8) is 0 Å². The van der Waals surface area contributed by atoms with Crippen LogP contribution in [0.5, 0.6) is 0 Å². The molecule has 0 aromatic rings. The topological polar surface area (TPSA) is 49.8 Å². The highest BCUT2D eigenvalue weighted by Crippen LogP contribution is 2.46. The number of ether oxygens (including phenoxy) is 1. The van der Waals surface area contributed by atoms with Crippen LogP contribution in [0.2, 0.25) is 0 Å². The Morgan fingerprint density at radius 3 is 2.76 bits per heavy atom. The number of fused-ring (bicyclic) bond motifs is 1. The van der Waals surface area contributed by atoms with Crippen LogP contribution in [-0.4, -0.2) is 46.8 Å². The Balaban J connectivity index is 1.87. The summed E-state index contributed by atoms with van der Waals surface area (Å²) in [5.41, 5.74) is -0.656. The second kappa shape index (κ2) is 3.95. The first-order valence-corrected chi connectivity index (χ1v) is 6.76. The number of hydrogen-bond acceptors (Lipinski definition) is 3. The molecule has 4 nitrogen and oxygen atoms in total. The second-order valence-electron chi connectivity index (χ2n) is 5.83. The molecule has 2 aliphatic carbocycles. The molecule has 0 amide bonds. The minimum absolute atomic E-state index is 0.279. The molecule has 17 heavy (non-hydrogen) atoms. The first-order chi connectivity index (χ1) is 8.14. The van der Waals surface area contributed by atoms with Crippen molar-refractivity contribution >= 4 is 5.97 Å². The monoisotopic (exact) mass is 239 g/mol. The molecule has 0 aromatic carbocycles. The van der Waals surface area contributed by atoms with Crippen LogP contribution >= 0.6 is 0 Å². The fraction of sp³-hybridized carbons (Fsp3) is 0.923. The number of carboxylic acid groups (broad SMARTS) is 1. The van der Waals surface area contributed by atoms with E-state index in [0.29, 0.717) is 18.6 Å². The Bertz CT molecular complexity index is 329. The summed E-state index contributed by atoms with van der Waals surface area (Å²) in [5, 5.41) is 9.63. The van der Waals surface area contributed by atoms with Crippen LogP contribution in [-0.2, 0) is 9.53 Å². The molecule has 0 spiro atoms. The van der Waals surface area contributed by atoms with Crippen molar-refractivity contribution in [2.75, 3.05) is 13.2 Å². The first-order valence-electron chi connectivity index (χ1n) is 6.76. The van der Waals surface area contributed by atoms with Crippen molar-refractivity contribution in [2.45, 2.75) is 56.7 Å². The van der Waals surface area contributed by atoms with Gasteiger partial charge in [-0.2, -0.15) is 0 Å². The van der Waals surface area contributed by atoms with Gasteiger partial charge in [0.05, 0.1) is 12.7 Å². The summed E-state index contributed by atoms with van der Waals surface area (Å²) in [6.07, 6.45) is 5.78. The van der Waals surface area contributed by atoms with Crippen LogP contribution < -0.4 is 0 Å². The van der Waals surface area contributed by atoms with Crippen LogP contribution in [0.15, 0.2) is 0 Å². The van der Waals surface area contributed by atoms with Gasteiger partial charge in [0.15, 0.2) is 0 Å². The van der Waals surface area contributed by atoms with Gasteiger partial charge in [0.1, 0.15) is 5.54 Å². The molecule has 1 heterocycles. The van der Waals surface area contributed by atoms with E-state index in [9.17, 15) is 9.90 Å². The van der Waals surface area contributed by atoms with E-state index in [1.807, 2.05) is 6.92 Å². The summed E-state index contributed by atoms with van der Waals surface area (Å²) in [4.78, 5) is 14.0. The summed E-state index contributed by atoms with van der Waals surface area (Å²) in [7, 11) is 0. The van der Waals surface area contributed by atoms with Crippen molar-refractivity contribution in [3.8, 4) is 0 Å².